The Morgan fingerprint density at radius 2 is 1.79 bits per heavy atom. The second-order valence-electron chi connectivity index (χ2n) is 3.82. The van der Waals surface area contributed by atoms with Crippen molar-refractivity contribution >= 4 is 5.97 Å². The molecule has 0 saturated carbocycles. The first-order chi connectivity index (χ1) is 6.61. The van der Waals surface area contributed by atoms with Crippen LogP contribution in [0.5, 0.6) is 0 Å². The Balaban J connectivity index is 3.86. The summed E-state index contributed by atoms with van der Waals surface area (Å²) in [5.41, 5.74) is 0. The van der Waals surface area contributed by atoms with E-state index in [1.807, 2.05) is 0 Å². The number of aliphatic carboxylic acids is 1. The maximum absolute atomic E-state index is 10.4. The van der Waals surface area contributed by atoms with Crippen LogP contribution in [0.25, 0.3) is 0 Å². The number of nitrogens with zero attached hydrogens (tertiary/aromatic N) is 1. The maximum Gasteiger partial charge on any atom is 0.303 e. The highest BCUT2D eigenvalue weighted by atomic mass is 16.4. The molecule has 0 aliphatic carbocycles. The van der Waals surface area contributed by atoms with Crippen molar-refractivity contribution in [2.75, 3.05) is 13.1 Å². The van der Waals surface area contributed by atoms with Crippen LogP contribution in [0.15, 0.2) is 0 Å². The van der Waals surface area contributed by atoms with Gasteiger partial charge in [-0.15, -0.1) is 0 Å². The zero-order valence-electron chi connectivity index (χ0n) is 9.62. The SMILES string of the molecule is CCCN(CCC)C(C)CCC(=O)O. The molecule has 0 aliphatic rings. The van der Waals surface area contributed by atoms with Crippen molar-refractivity contribution in [3.63, 3.8) is 0 Å². The fourth-order valence-electron chi connectivity index (χ4n) is 1.64. The second kappa shape index (κ2) is 7.80. The Hall–Kier alpha value is -0.570. The van der Waals surface area contributed by atoms with Gasteiger partial charge >= 0.3 is 5.97 Å². The van der Waals surface area contributed by atoms with Gasteiger partial charge in [0.25, 0.3) is 0 Å². The summed E-state index contributed by atoms with van der Waals surface area (Å²) in [6, 6.07) is 0.394. The zero-order chi connectivity index (χ0) is 11.0. The molecular weight excluding hydrogens is 178 g/mol. The molecule has 0 amide bonds. The lowest BCUT2D eigenvalue weighted by atomic mass is 10.1. The van der Waals surface area contributed by atoms with Crippen LogP contribution < -0.4 is 0 Å². The Morgan fingerprint density at radius 3 is 2.14 bits per heavy atom. The minimum absolute atomic E-state index is 0.283. The molecule has 0 radical (unpaired) electrons. The maximum atomic E-state index is 10.4. The molecule has 3 nitrogen and oxygen atoms in total. The van der Waals surface area contributed by atoms with E-state index in [0.717, 1.165) is 32.4 Å². The highest BCUT2D eigenvalue weighted by molar-refractivity contribution is 5.66. The highest BCUT2D eigenvalue weighted by Gasteiger charge is 2.12. The van der Waals surface area contributed by atoms with Crippen LogP contribution in [0.2, 0.25) is 0 Å². The molecule has 0 bridgehead atoms. The highest BCUT2D eigenvalue weighted by Crippen LogP contribution is 2.08. The number of hydrogen-bond donors (Lipinski definition) is 1. The van der Waals surface area contributed by atoms with Crippen LogP contribution in [0.1, 0.15) is 46.5 Å². The van der Waals surface area contributed by atoms with Crippen molar-refractivity contribution in [1.82, 2.24) is 4.90 Å². The van der Waals surface area contributed by atoms with Crippen LogP contribution in [0, 0.1) is 0 Å². The van der Waals surface area contributed by atoms with Gasteiger partial charge < -0.3 is 10.0 Å². The fourth-order valence-corrected chi connectivity index (χ4v) is 1.64. The molecule has 0 saturated heterocycles. The molecule has 3 heteroatoms. The minimum Gasteiger partial charge on any atom is -0.481 e. The second-order valence-corrected chi connectivity index (χ2v) is 3.82. The smallest absolute Gasteiger partial charge is 0.303 e. The number of carboxylic acids is 1. The van der Waals surface area contributed by atoms with Crippen molar-refractivity contribution in [3.05, 3.63) is 0 Å². The molecule has 1 unspecified atom stereocenters. The molecular formula is C11H23NO2. The Kier molecular flexibility index (Phi) is 7.48. The molecule has 0 fully saturated rings. The van der Waals surface area contributed by atoms with E-state index < -0.39 is 5.97 Å². The molecule has 1 atom stereocenters. The van der Waals surface area contributed by atoms with Gasteiger partial charge in [0, 0.05) is 12.5 Å². The van der Waals surface area contributed by atoms with E-state index in [-0.39, 0.29) is 6.42 Å². The van der Waals surface area contributed by atoms with Gasteiger partial charge in [-0.1, -0.05) is 13.8 Å². The minimum atomic E-state index is -0.690. The molecule has 84 valence electrons. The summed E-state index contributed by atoms with van der Waals surface area (Å²) in [5.74, 6) is -0.690. The van der Waals surface area contributed by atoms with Crippen LogP contribution >= 0.6 is 0 Å². The lowest BCUT2D eigenvalue weighted by Crippen LogP contribution is -2.34. The molecule has 0 aromatic rings. The lowest BCUT2D eigenvalue weighted by molar-refractivity contribution is -0.137. The van der Waals surface area contributed by atoms with E-state index in [4.69, 9.17) is 5.11 Å². The fraction of sp³-hybridized carbons (Fsp3) is 0.909. The molecule has 0 spiro atoms. The molecule has 0 aromatic heterocycles. The van der Waals surface area contributed by atoms with Gasteiger partial charge in [-0.3, -0.25) is 4.79 Å². The predicted octanol–water partition coefficient (Wildman–Crippen LogP) is 2.36. The van der Waals surface area contributed by atoms with Crippen molar-refractivity contribution in [2.24, 2.45) is 0 Å². The molecule has 14 heavy (non-hydrogen) atoms. The summed E-state index contributed by atoms with van der Waals surface area (Å²) in [6.45, 7) is 8.59. The quantitative estimate of drug-likeness (QED) is 0.655. The normalized spacial score (nSPS) is 13.1. The Bertz CT molecular complexity index is 153. The summed E-state index contributed by atoms with van der Waals surface area (Å²) in [6.07, 6.45) is 3.31. The van der Waals surface area contributed by atoms with Crippen LogP contribution in [0.3, 0.4) is 0 Å². The average Bonchev–Trinajstić information content (AvgIpc) is 2.14. The van der Waals surface area contributed by atoms with Crippen LogP contribution in [-0.2, 0) is 4.79 Å². The van der Waals surface area contributed by atoms with E-state index in [9.17, 15) is 4.79 Å². The number of rotatable bonds is 8. The Morgan fingerprint density at radius 1 is 1.29 bits per heavy atom. The van der Waals surface area contributed by atoms with Gasteiger partial charge in [-0.05, 0) is 39.3 Å². The van der Waals surface area contributed by atoms with Gasteiger partial charge in [0.2, 0.25) is 0 Å². The molecule has 0 rings (SSSR count). The molecule has 0 aromatic carbocycles. The largest absolute Gasteiger partial charge is 0.481 e. The lowest BCUT2D eigenvalue weighted by Gasteiger charge is -2.27. The standard InChI is InChI=1S/C11H23NO2/c1-4-8-12(9-5-2)10(3)6-7-11(13)14/h10H,4-9H2,1-3H3,(H,13,14). The van der Waals surface area contributed by atoms with Crippen LogP contribution in [-0.4, -0.2) is 35.1 Å². The molecule has 0 heterocycles. The third-order valence-electron chi connectivity index (χ3n) is 2.42. The van der Waals surface area contributed by atoms with Gasteiger partial charge in [0.1, 0.15) is 0 Å². The predicted molar refractivity (Wildman–Crippen MR) is 58.5 cm³/mol. The Labute approximate surface area is 87.1 Å². The first kappa shape index (κ1) is 13.4. The van der Waals surface area contributed by atoms with Gasteiger partial charge in [0.15, 0.2) is 0 Å². The van der Waals surface area contributed by atoms with Gasteiger partial charge in [-0.25, -0.2) is 0 Å². The van der Waals surface area contributed by atoms with E-state index in [0.29, 0.717) is 6.04 Å². The first-order valence-electron chi connectivity index (χ1n) is 5.57. The number of carboxylic acid groups (broad SMARTS) is 1. The van der Waals surface area contributed by atoms with E-state index >= 15 is 0 Å². The zero-order valence-corrected chi connectivity index (χ0v) is 9.62. The number of carbonyl (C=O) groups is 1. The van der Waals surface area contributed by atoms with Crippen molar-refractivity contribution in [1.29, 1.82) is 0 Å². The third-order valence-corrected chi connectivity index (χ3v) is 2.42. The van der Waals surface area contributed by atoms with Gasteiger partial charge in [0.05, 0.1) is 0 Å². The average molecular weight is 201 g/mol. The van der Waals surface area contributed by atoms with Crippen molar-refractivity contribution in [3.8, 4) is 0 Å². The first-order valence-corrected chi connectivity index (χ1v) is 5.57. The number of hydrogen-bond acceptors (Lipinski definition) is 2. The third kappa shape index (κ3) is 5.97. The topological polar surface area (TPSA) is 40.5 Å². The molecule has 1 N–H and O–H groups in total. The van der Waals surface area contributed by atoms with Crippen molar-refractivity contribution < 1.29 is 9.90 Å². The van der Waals surface area contributed by atoms with Crippen molar-refractivity contribution in [2.45, 2.75) is 52.5 Å². The summed E-state index contributed by atoms with van der Waals surface area (Å²) < 4.78 is 0. The van der Waals surface area contributed by atoms with Gasteiger partial charge in [-0.2, -0.15) is 0 Å². The summed E-state index contributed by atoms with van der Waals surface area (Å²) in [5, 5.41) is 8.59. The summed E-state index contributed by atoms with van der Waals surface area (Å²) in [7, 11) is 0. The summed E-state index contributed by atoms with van der Waals surface area (Å²) >= 11 is 0. The molecule has 0 aliphatic heterocycles. The van der Waals surface area contributed by atoms with E-state index in [1.165, 1.54) is 0 Å². The monoisotopic (exact) mass is 201 g/mol. The van der Waals surface area contributed by atoms with E-state index in [2.05, 4.69) is 25.7 Å². The van der Waals surface area contributed by atoms with E-state index in [1.54, 1.807) is 0 Å². The summed E-state index contributed by atoms with van der Waals surface area (Å²) in [4.78, 5) is 12.8. The van der Waals surface area contributed by atoms with Crippen LogP contribution in [0.4, 0.5) is 0 Å².